The normalized spacial score (nSPS) is 18.0. The Morgan fingerprint density at radius 2 is 1.87 bits per heavy atom. The average Bonchev–Trinajstić information content (AvgIpc) is 2.65. The molecule has 1 aliphatic rings. The van der Waals surface area contributed by atoms with E-state index in [1.54, 1.807) is 23.2 Å². The molecular formula is C20H41N5O4S. The van der Waals surface area contributed by atoms with Gasteiger partial charge in [0.25, 0.3) is 0 Å². The summed E-state index contributed by atoms with van der Waals surface area (Å²) in [6.07, 6.45) is 1.17. The second-order valence-corrected chi connectivity index (χ2v) is 11.2. The fraction of sp³-hybridized carbons (Fsp3) is 0.900. The maximum atomic E-state index is 12.1. The number of amides is 1. The molecule has 1 heterocycles. The van der Waals surface area contributed by atoms with Gasteiger partial charge in [-0.3, -0.25) is 4.99 Å². The van der Waals surface area contributed by atoms with Gasteiger partial charge in [-0.1, -0.05) is 6.92 Å². The minimum Gasteiger partial charge on any atom is -0.444 e. The molecule has 1 unspecified atom stereocenters. The molecule has 0 aromatic heterocycles. The maximum Gasteiger partial charge on any atom is 0.410 e. The van der Waals surface area contributed by atoms with Crippen LogP contribution in [0, 0.1) is 5.92 Å². The van der Waals surface area contributed by atoms with Gasteiger partial charge in [-0.05, 0) is 53.4 Å². The monoisotopic (exact) mass is 447 g/mol. The third kappa shape index (κ3) is 9.51. The Labute approximate surface area is 182 Å². The Morgan fingerprint density at radius 3 is 2.37 bits per heavy atom. The summed E-state index contributed by atoms with van der Waals surface area (Å²) in [6.45, 7) is 14.2. The van der Waals surface area contributed by atoms with Gasteiger partial charge in [0.2, 0.25) is 10.0 Å². The number of rotatable bonds is 8. The summed E-state index contributed by atoms with van der Waals surface area (Å²) in [6, 6.07) is 0.186. The second-order valence-electron chi connectivity index (χ2n) is 8.90. The van der Waals surface area contributed by atoms with E-state index in [1.165, 1.54) is 0 Å². The minimum atomic E-state index is -3.12. The summed E-state index contributed by atoms with van der Waals surface area (Å²) in [7, 11) is -1.39. The Balaban J connectivity index is 2.55. The average molecular weight is 448 g/mol. The molecule has 1 fully saturated rings. The summed E-state index contributed by atoms with van der Waals surface area (Å²) in [5.74, 6) is 1.03. The highest BCUT2D eigenvalue weighted by molar-refractivity contribution is 7.89. The molecular weight excluding hydrogens is 406 g/mol. The zero-order valence-electron chi connectivity index (χ0n) is 19.7. The summed E-state index contributed by atoms with van der Waals surface area (Å²) >= 11 is 0. The maximum absolute atomic E-state index is 12.1. The van der Waals surface area contributed by atoms with Crippen molar-refractivity contribution in [3.05, 3.63) is 0 Å². The van der Waals surface area contributed by atoms with Gasteiger partial charge in [-0.15, -0.1) is 0 Å². The molecule has 9 nitrogen and oxygen atoms in total. The number of nitrogens with one attached hydrogen (secondary N) is 2. The van der Waals surface area contributed by atoms with Crippen molar-refractivity contribution >= 4 is 22.1 Å². The number of carbonyl (C=O) groups is 1. The van der Waals surface area contributed by atoms with E-state index in [0.717, 1.165) is 25.3 Å². The van der Waals surface area contributed by atoms with Crippen molar-refractivity contribution in [1.29, 1.82) is 0 Å². The smallest absolute Gasteiger partial charge is 0.410 e. The van der Waals surface area contributed by atoms with E-state index in [0.29, 0.717) is 26.2 Å². The number of aliphatic imine (C=N–C) groups is 1. The van der Waals surface area contributed by atoms with Crippen molar-refractivity contribution in [2.75, 3.05) is 45.5 Å². The van der Waals surface area contributed by atoms with Crippen LogP contribution in [0.3, 0.4) is 0 Å². The third-order valence-electron chi connectivity index (χ3n) is 4.75. The Morgan fingerprint density at radius 1 is 1.27 bits per heavy atom. The van der Waals surface area contributed by atoms with Crippen molar-refractivity contribution in [3.8, 4) is 0 Å². The molecule has 1 saturated heterocycles. The van der Waals surface area contributed by atoms with Crippen LogP contribution in [-0.4, -0.2) is 86.8 Å². The van der Waals surface area contributed by atoms with E-state index < -0.39 is 15.6 Å². The third-order valence-corrected chi connectivity index (χ3v) is 6.63. The first kappa shape index (κ1) is 26.5. The molecule has 1 aliphatic heterocycles. The van der Waals surface area contributed by atoms with Gasteiger partial charge in [-0.2, -0.15) is 0 Å². The van der Waals surface area contributed by atoms with Gasteiger partial charge in [0, 0.05) is 45.8 Å². The number of piperidine rings is 1. The van der Waals surface area contributed by atoms with Crippen molar-refractivity contribution in [2.24, 2.45) is 10.9 Å². The number of guanidine groups is 1. The molecule has 1 rings (SSSR count). The van der Waals surface area contributed by atoms with E-state index in [1.807, 2.05) is 34.6 Å². The number of nitrogens with zero attached hydrogens (tertiary/aromatic N) is 3. The molecule has 0 spiro atoms. The number of sulfonamides is 1. The first-order chi connectivity index (χ1) is 13.9. The highest BCUT2D eigenvalue weighted by Gasteiger charge is 2.27. The Kier molecular flexibility index (Phi) is 10.4. The van der Waals surface area contributed by atoms with Crippen LogP contribution in [0.5, 0.6) is 0 Å². The fourth-order valence-corrected chi connectivity index (χ4v) is 4.29. The number of carbonyl (C=O) groups excluding carboxylic acids is 1. The van der Waals surface area contributed by atoms with Crippen LogP contribution < -0.4 is 10.6 Å². The van der Waals surface area contributed by atoms with Crippen LogP contribution in [0.25, 0.3) is 0 Å². The number of ether oxygens (including phenoxy) is 1. The standard InChI is InChI=1S/C20H41N5O4S/c1-8-21-18(23-17-10-12-25(13-11-17)30(27,28)9-2)22-14-16(3)15-24(7)19(26)29-20(4,5)6/h16-17H,8-15H2,1-7H3,(H2,21,22,23). The predicted molar refractivity (Wildman–Crippen MR) is 121 cm³/mol. The molecule has 0 aromatic rings. The zero-order chi connectivity index (χ0) is 22.9. The van der Waals surface area contributed by atoms with Crippen molar-refractivity contribution in [2.45, 2.75) is 66.0 Å². The molecule has 30 heavy (non-hydrogen) atoms. The topological polar surface area (TPSA) is 103 Å². The molecule has 10 heteroatoms. The predicted octanol–water partition coefficient (Wildman–Crippen LogP) is 1.86. The van der Waals surface area contributed by atoms with E-state index in [9.17, 15) is 13.2 Å². The van der Waals surface area contributed by atoms with E-state index in [-0.39, 0.29) is 23.8 Å². The number of hydrogen-bond donors (Lipinski definition) is 2. The molecule has 2 N–H and O–H groups in total. The van der Waals surface area contributed by atoms with Crippen LogP contribution in [0.1, 0.15) is 54.4 Å². The van der Waals surface area contributed by atoms with Gasteiger partial charge >= 0.3 is 6.09 Å². The molecule has 0 aliphatic carbocycles. The highest BCUT2D eigenvalue weighted by atomic mass is 32.2. The van der Waals surface area contributed by atoms with Crippen LogP contribution >= 0.6 is 0 Å². The molecule has 0 aromatic carbocycles. The molecule has 1 amide bonds. The Hall–Kier alpha value is -1.55. The largest absolute Gasteiger partial charge is 0.444 e. The molecule has 0 bridgehead atoms. The summed E-state index contributed by atoms with van der Waals surface area (Å²) in [5, 5.41) is 6.67. The first-order valence-corrected chi connectivity index (χ1v) is 12.5. The highest BCUT2D eigenvalue weighted by Crippen LogP contribution is 2.14. The van der Waals surface area contributed by atoms with Crippen molar-refractivity contribution in [3.63, 3.8) is 0 Å². The van der Waals surface area contributed by atoms with Gasteiger partial charge in [-0.25, -0.2) is 17.5 Å². The second kappa shape index (κ2) is 11.7. The van der Waals surface area contributed by atoms with E-state index >= 15 is 0 Å². The molecule has 0 radical (unpaired) electrons. The Bertz CT molecular complexity index is 667. The first-order valence-electron chi connectivity index (χ1n) is 10.8. The van der Waals surface area contributed by atoms with E-state index in [4.69, 9.17) is 4.74 Å². The molecule has 1 atom stereocenters. The van der Waals surface area contributed by atoms with Crippen LogP contribution in [0.4, 0.5) is 4.79 Å². The van der Waals surface area contributed by atoms with Gasteiger partial charge < -0.3 is 20.3 Å². The summed E-state index contributed by atoms with van der Waals surface area (Å²) < 4.78 is 31.0. The molecule has 176 valence electrons. The van der Waals surface area contributed by atoms with Crippen molar-refractivity contribution in [1.82, 2.24) is 19.8 Å². The fourth-order valence-electron chi connectivity index (χ4n) is 3.16. The lowest BCUT2D eigenvalue weighted by molar-refractivity contribution is 0.0279. The minimum absolute atomic E-state index is 0.144. The molecule has 0 saturated carbocycles. The lowest BCUT2D eigenvalue weighted by Crippen LogP contribution is -2.50. The lowest BCUT2D eigenvalue weighted by Gasteiger charge is -2.32. The van der Waals surface area contributed by atoms with Crippen LogP contribution in [0.15, 0.2) is 4.99 Å². The van der Waals surface area contributed by atoms with Crippen LogP contribution in [-0.2, 0) is 14.8 Å². The summed E-state index contributed by atoms with van der Waals surface area (Å²) in [5.41, 5.74) is -0.513. The lowest BCUT2D eigenvalue weighted by atomic mass is 10.1. The van der Waals surface area contributed by atoms with Gasteiger partial charge in [0.05, 0.1) is 5.75 Å². The SMILES string of the molecule is CCNC(=NCC(C)CN(C)C(=O)OC(C)(C)C)NC1CCN(S(=O)(=O)CC)CC1. The van der Waals surface area contributed by atoms with Gasteiger partial charge in [0.15, 0.2) is 5.96 Å². The quantitative estimate of drug-likeness (QED) is 0.435. The summed E-state index contributed by atoms with van der Waals surface area (Å²) in [4.78, 5) is 18.4. The number of hydrogen-bond acceptors (Lipinski definition) is 5. The van der Waals surface area contributed by atoms with Crippen LogP contribution in [0.2, 0.25) is 0 Å². The van der Waals surface area contributed by atoms with Crippen molar-refractivity contribution < 1.29 is 17.9 Å². The van der Waals surface area contributed by atoms with Gasteiger partial charge in [0.1, 0.15) is 5.60 Å². The van der Waals surface area contributed by atoms with E-state index in [2.05, 4.69) is 15.6 Å². The zero-order valence-corrected chi connectivity index (χ0v) is 20.5.